The molecule has 0 spiro atoms. The first-order chi connectivity index (χ1) is 9.51. The molecule has 0 saturated heterocycles. The van der Waals surface area contributed by atoms with Gasteiger partial charge >= 0.3 is 0 Å². The summed E-state index contributed by atoms with van der Waals surface area (Å²) in [6, 6.07) is 3.65. The molecule has 106 valence electrons. The molecule has 20 heavy (non-hydrogen) atoms. The van der Waals surface area contributed by atoms with Crippen LogP contribution in [0.25, 0.3) is 0 Å². The summed E-state index contributed by atoms with van der Waals surface area (Å²) in [7, 11) is 0. The molecule has 0 radical (unpaired) electrons. The third kappa shape index (κ3) is 3.32. The molecule has 0 unspecified atom stereocenters. The summed E-state index contributed by atoms with van der Waals surface area (Å²) < 4.78 is 7.74. The van der Waals surface area contributed by atoms with Crippen molar-refractivity contribution in [2.75, 3.05) is 12.3 Å². The lowest BCUT2D eigenvalue weighted by Crippen LogP contribution is -1.98. The number of hydrogen-bond acceptors (Lipinski definition) is 4. The summed E-state index contributed by atoms with van der Waals surface area (Å²) in [5.74, 6) is 0.971. The predicted molar refractivity (Wildman–Crippen MR) is 84.7 cm³/mol. The highest BCUT2D eigenvalue weighted by molar-refractivity contribution is 9.10. The van der Waals surface area contributed by atoms with E-state index in [4.69, 9.17) is 22.1 Å². The molecule has 0 aliphatic rings. The number of benzene rings is 1. The molecule has 1 aromatic heterocycles. The molecule has 0 atom stereocenters. The smallest absolute Gasteiger partial charge is 0.221 e. The number of anilines is 1. The number of imidazole rings is 1. The number of aryl methyl sites for hydroxylation is 1. The molecule has 0 aliphatic carbocycles. The van der Waals surface area contributed by atoms with Gasteiger partial charge in [-0.25, -0.2) is 9.66 Å². The van der Waals surface area contributed by atoms with Gasteiger partial charge in [0.25, 0.3) is 0 Å². The van der Waals surface area contributed by atoms with Gasteiger partial charge in [-0.05, 0) is 47.5 Å². The van der Waals surface area contributed by atoms with Crippen LogP contribution in [0.4, 0.5) is 5.95 Å². The highest BCUT2D eigenvalue weighted by atomic mass is 79.9. The van der Waals surface area contributed by atoms with Crippen molar-refractivity contribution in [1.29, 1.82) is 0 Å². The molecule has 2 rings (SSSR count). The second-order valence-corrected chi connectivity index (χ2v) is 5.34. The number of nitrogens with zero attached hydrogens (tertiary/aromatic N) is 3. The molecule has 2 N–H and O–H groups in total. The first-order valence-electron chi connectivity index (χ1n) is 5.99. The minimum absolute atomic E-state index is 0.342. The molecule has 2 aromatic rings. The fraction of sp³-hybridized carbons (Fsp3) is 0.231. The van der Waals surface area contributed by atoms with Crippen LogP contribution < -0.4 is 10.5 Å². The summed E-state index contributed by atoms with van der Waals surface area (Å²) in [5, 5.41) is 4.76. The van der Waals surface area contributed by atoms with Crippen LogP contribution in [0.5, 0.6) is 5.75 Å². The number of aromatic nitrogens is 2. The molecule has 1 heterocycles. The van der Waals surface area contributed by atoms with Crippen LogP contribution in [0.3, 0.4) is 0 Å². The Morgan fingerprint density at radius 3 is 2.85 bits per heavy atom. The van der Waals surface area contributed by atoms with Crippen LogP contribution >= 0.6 is 27.5 Å². The topological polar surface area (TPSA) is 65.4 Å². The summed E-state index contributed by atoms with van der Waals surface area (Å²) in [6.45, 7) is 4.31. The number of rotatable bonds is 4. The lowest BCUT2D eigenvalue weighted by Gasteiger charge is -2.08. The molecular weight excluding hydrogens is 344 g/mol. The second kappa shape index (κ2) is 6.28. The Hall–Kier alpha value is -1.53. The normalized spacial score (nSPS) is 11.2. The van der Waals surface area contributed by atoms with Gasteiger partial charge in [-0.1, -0.05) is 11.6 Å². The van der Waals surface area contributed by atoms with E-state index in [-0.39, 0.29) is 0 Å². The van der Waals surface area contributed by atoms with Crippen molar-refractivity contribution in [1.82, 2.24) is 9.66 Å². The molecule has 0 aliphatic heterocycles. The van der Waals surface area contributed by atoms with Gasteiger partial charge < -0.3 is 10.5 Å². The Balaban J connectivity index is 2.28. The lowest BCUT2D eigenvalue weighted by atomic mass is 10.2. The molecule has 5 nitrogen and oxygen atoms in total. The van der Waals surface area contributed by atoms with Crippen LogP contribution in [0.1, 0.15) is 18.2 Å². The number of nitrogen functional groups attached to an aromatic ring is 1. The molecule has 7 heteroatoms. The Morgan fingerprint density at radius 2 is 2.30 bits per heavy atom. The summed E-state index contributed by atoms with van der Waals surface area (Å²) >= 11 is 9.60. The SMILES string of the molecule is CCOc1c(Cl)cc(C=Nn2cc(C)nc2N)cc1Br. The van der Waals surface area contributed by atoms with Crippen LogP contribution in [0, 0.1) is 6.92 Å². The van der Waals surface area contributed by atoms with E-state index in [1.807, 2.05) is 19.9 Å². The van der Waals surface area contributed by atoms with Crippen molar-refractivity contribution in [3.63, 3.8) is 0 Å². The van der Waals surface area contributed by atoms with E-state index in [1.165, 1.54) is 4.68 Å². The third-order valence-electron chi connectivity index (χ3n) is 2.48. The average molecular weight is 358 g/mol. The van der Waals surface area contributed by atoms with Crippen molar-refractivity contribution in [2.24, 2.45) is 5.10 Å². The minimum atomic E-state index is 0.342. The van der Waals surface area contributed by atoms with Crippen molar-refractivity contribution >= 4 is 39.7 Å². The van der Waals surface area contributed by atoms with Crippen molar-refractivity contribution in [3.8, 4) is 5.75 Å². The maximum absolute atomic E-state index is 6.17. The van der Waals surface area contributed by atoms with Gasteiger partial charge in [-0.2, -0.15) is 5.10 Å². The summed E-state index contributed by atoms with van der Waals surface area (Å²) in [4.78, 5) is 4.07. The van der Waals surface area contributed by atoms with Crippen LogP contribution in [0.15, 0.2) is 27.9 Å². The Labute approximate surface area is 130 Å². The number of nitrogens with two attached hydrogens (primary N) is 1. The van der Waals surface area contributed by atoms with E-state index in [2.05, 4.69) is 26.0 Å². The lowest BCUT2D eigenvalue weighted by molar-refractivity contribution is 0.338. The molecule has 0 bridgehead atoms. The van der Waals surface area contributed by atoms with Gasteiger partial charge in [0.15, 0.2) is 5.75 Å². The second-order valence-electron chi connectivity index (χ2n) is 4.08. The quantitative estimate of drug-likeness (QED) is 0.852. The van der Waals surface area contributed by atoms with Gasteiger partial charge in [0.1, 0.15) is 0 Å². The van der Waals surface area contributed by atoms with Crippen LogP contribution in [-0.4, -0.2) is 22.5 Å². The van der Waals surface area contributed by atoms with E-state index in [0.717, 1.165) is 15.7 Å². The van der Waals surface area contributed by atoms with E-state index < -0.39 is 0 Å². The third-order valence-corrected chi connectivity index (χ3v) is 3.35. The van der Waals surface area contributed by atoms with Gasteiger partial charge in [0, 0.05) is 0 Å². The first-order valence-corrected chi connectivity index (χ1v) is 7.16. The summed E-state index contributed by atoms with van der Waals surface area (Å²) in [6.07, 6.45) is 3.40. The Kier molecular flexibility index (Phi) is 4.67. The van der Waals surface area contributed by atoms with E-state index in [9.17, 15) is 0 Å². The van der Waals surface area contributed by atoms with E-state index in [1.54, 1.807) is 18.5 Å². The maximum Gasteiger partial charge on any atom is 0.221 e. The fourth-order valence-electron chi connectivity index (χ4n) is 1.66. The zero-order valence-electron chi connectivity index (χ0n) is 11.1. The number of ether oxygens (including phenoxy) is 1. The monoisotopic (exact) mass is 356 g/mol. The molecule has 0 saturated carbocycles. The van der Waals surface area contributed by atoms with Crippen molar-refractivity contribution < 1.29 is 4.74 Å². The van der Waals surface area contributed by atoms with Crippen LogP contribution in [0.2, 0.25) is 5.02 Å². The predicted octanol–water partition coefficient (Wildman–Crippen LogP) is 3.47. The van der Waals surface area contributed by atoms with Gasteiger partial charge in [-0.15, -0.1) is 0 Å². The largest absolute Gasteiger partial charge is 0.491 e. The Morgan fingerprint density at radius 1 is 1.55 bits per heavy atom. The summed E-state index contributed by atoms with van der Waals surface area (Å²) in [5.41, 5.74) is 7.35. The molecule has 0 amide bonds. The standard InChI is InChI=1S/C13H14BrClN4O/c1-3-20-12-10(14)4-9(5-11(12)15)6-17-19-7-8(2)18-13(19)16/h4-7H,3H2,1-2H3,(H2,16,18). The van der Waals surface area contributed by atoms with Crippen molar-refractivity contribution in [2.45, 2.75) is 13.8 Å². The minimum Gasteiger partial charge on any atom is -0.491 e. The molecule has 0 fully saturated rings. The van der Waals surface area contributed by atoms with E-state index >= 15 is 0 Å². The first kappa shape index (κ1) is 14.9. The molecule has 1 aromatic carbocycles. The molecular formula is C13H14BrClN4O. The van der Waals surface area contributed by atoms with Gasteiger partial charge in [0.05, 0.1) is 34.2 Å². The van der Waals surface area contributed by atoms with Gasteiger partial charge in [-0.3, -0.25) is 0 Å². The number of halogens is 2. The fourth-order valence-corrected chi connectivity index (χ4v) is 2.65. The highest BCUT2D eigenvalue weighted by Crippen LogP contribution is 2.34. The average Bonchev–Trinajstić information content (AvgIpc) is 2.70. The zero-order chi connectivity index (χ0) is 14.7. The van der Waals surface area contributed by atoms with Crippen LogP contribution in [-0.2, 0) is 0 Å². The highest BCUT2D eigenvalue weighted by Gasteiger charge is 2.08. The van der Waals surface area contributed by atoms with Gasteiger partial charge in [0.2, 0.25) is 5.95 Å². The number of hydrogen-bond donors (Lipinski definition) is 1. The van der Waals surface area contributed by atoms with Crippen molar-refractivity contribution in [3.05, 3.63) is 39.1 Å². The zero-order valence-corrected chi connectivity index (χ0v) is 13.4. The Bertz CT molecular complexity index is 631. The van der Waals surface area contributed by atoms with E-state index in [0.29, 0.717) is 23.3 Å². The maximum atomic E-state index is 6.17.